The molecular formula is C16H27NO5. The second-order valence-corrected chi connectivity index (χ2v) is 6.90. The van der Waals surface area contributed by atoms with Crippen molar-refractivity contribution in [1.82, 2.24) is 5.32 Å². The van der Waals surface area contributed by atoms with Crippen molar-refractivity contribution >= 4 is 18.3 Å². The third-order valence-electron chi connectivity index (χ3n) is 3.50. The van der Waals surface area contributed by atoms with Crippen molar-refractivity contribution in [2.75, 3.05) is 0 Å². The van der Waals surface area contributed by atoms with E-state index in [1.807, 2.05) is 6.92 Å². The number of cyclic esters (lactones) is 1. The standard InChI is InChI=1S/C16H27NO5/c1-11(6-5-9-18)10-12(13-7-8-14(19)21-13)17-15(20)22-16(2,3)4/h9,11-13H,5-8,10H2,1-4H3,(H,17,20)/t11?,12?,13-/m1/s1. The number of ether oxygens (including phenoxy) is 2. The molecule has 0 saturated carbocycles. The van der Waals surface area contributed by atoms with Gasteiger partial charge in [-0.25, -0.2) is 4.79 Å². The molecule has 1 rings (SSSR count). The zero-order valence-electron chi connectivity index (χ0n) is 13.9. The molecule has 2 unspecified atom stereocenters. The number of aldehydes is 1. The van der Waals surface area contributed by atoms with Crippen LogP contribution in [0.4, 0.5) is 4.79 Å². The van der Waals surface area contributed by atoms with Gasteiger partial charge in [0.2, 0.25) is 0 Å². The van der Waals surface area contributed by atoms with E-state index in [2.05, 4.69) is 5.32 Å². The minimum absolute atomic E-state index is 0.235. The lowest BCUT2D eigenvalue weighted by Gasteiger charge is -2.28. The van der Waals surface area contributed by atoms with E-state index >= 15 is 0 Å². The number of nitrogens with one attached hydrogen (secondary N) is 1. The van der Waals surface area contributed by atoms with Crippen molar-refractivity contribution in [3.05, 3.63) is 0 Å². The first kappa shape index (κ1) is 18.5. The molecule has 1 amide bonds. The van der Waals surface area contributed by atoms with Gasteiger partial charge in [0, 0.05) is 12.8 Å². The number of rotatable bonds is 7. The van der Waals surface area contributed by atoms with E-state index in [0.717, 1.165) is 12.7 Å². The maximum absolute atomic E-state index is 12.0. The summed E-state index contributed by atoms with van der Waals surface area (Å²) in [6, 6.07) is -0.289. The highest BCUT2D eigenvalue weighted by Gasteiger charge is 2.33. The van der Waals surface area contributed by atoms with Gasteiger partial charge in [0.05, 0.1) is 6.04 Å². The van der Waals surface area contributed by atoms with E-state index in [-0.39, 0.29) is 24.0 Å². The zero-order valence-corrected chi connectivity index (χ0v) is 13.9. The molecule has 0 aliphatic carbocycles. The number of carbonyl (C=O) groups is 3. The number of carbonyl (C=O) groups excluding carboxylic acids is 3. The number of hydrogen-bond donors (Lipinski definition) is 1. The van der Waals surface area contributed by atoms with E-state index in [1.165, 1.54) is 0 Å². The van der Waals surface area contributed by atoms with Gasteiger partial charge in [0.15, 0.2) is 0 Å². The first-order chi connectivity index (χ1) is 10.2. The van der Waals surface area contributed by atoms with Gasteiger partial charge >= 0.3 is 12.1 Å². The summed E-state index contributed by atoms with van der Waals surface area (Å²) in [4.78, 5) is 33.8. The Balaban J connectivity index is 2.63. The van der Waals surface area contributed by atoms with E-state index in [1.54, 1.807) is 20.8 Å². The Morgan fingerprint density at radius 2 is 2.18 bits per heavy atom. The van der Waals surface area contributed by atoms with Crippen molar-refractivity contribution < 1.29 is 23.9 Å². The molecule has 3 atom stereocenters. The Kier molecular flexibility index (Phi) is 6.84. The molecule has 6 nitrogen and oxygen atoms in total. The number of esters is 1. The van der Waals surface area contributed by atoms with Crippen LogP contribution >= 0.6 is 0 Å². The number of amides is 1. The fourth-order valence-corrected chi connectivity index (χ4v) is 2.50. The highest BCUT2D eigenvalue weighted by molar-refractivity contribution is 5.72. The van der Waals surface area contributed by atoms with Crippen molar-refractivity contribution in [3.8, 4) is 0 Å². The van der Waals surface area contributed by atoms with E-state index in [9.17, 15) is 14.4 Å². The highest BCUT2D eigenvalue weighted by Crippen LogP contribution is 2.23. The zero-order chi connectivity index (χ0) is 16.8. The van der Waals surface area contributed by atoms with Gasteiger partial charge in [0.1, 0.15) is 18.0 Å². The molecule has 1 aliphatic rings. The van der Waals surface area contributed by atoms with Gasteiger partial charge in [-0.2, -0.15) is 0 Å². The topological polar surface area (TPSA) is 81.7 Å². The molecule has 6 heteroatoms. The molecule has 1 aliphatic heterocycles. The minimum Gasteiger partial charge on any atom is -0.460 e. The average Bonchev–Trinajstić information content (AvgIpc) is 2.80. The normalized spacial score (nSPS) is 20.9. The Hall–Kier alpha value is -1.59. The molecule has 22 heavy (non-hydrogen) atoms. The van der Waals surface area contributed by atoms with Crippen LogP contribution in [0.3, 0.4) is 0 Å². The Morgan fingerprint density at radius 3 is 2.68 bits per heavy atom. The van der Waals surface area contributed by atoms with Crippen LogP contribution in [-0.2, 0) is 19.1 Å². The number of alkyl carbamates (subject to hydrolysis) is 1. The van der Waals surface area contributed by atoms with E-state index in [4.69, 9.17) is 9.47 Å². The maximum atomic E-state index is 12.0. The lowest BCUT2D eigenvalue weighted by molar-refractivity contribution is -0.142. The Morgan fingerprint density at radius 1 is 1.50 bits per heavy atom. The first-order valence-electron chi connectivity index (χ1n) is 7.84. The molecule has 0 radical (unpaired) electrons. The number of hydrogen-bond acceptors (Lipinski definition) is 5. The van der Waals surface area contributed by atoms with Gasteiger partial charge < -0.3 is 19.6 Å². The van der Waals surface area contributed by atoms with Crippen molar-refractivity contribution in [2.24, 2.45) is 5.92 Å². The molecule has 1 heterocycles. The maximum Gasteiger partial charge on any atom is 0.408 e. The quantitative estimate of drug-likeness (QED) is 0.577. The predicted octanol–water partition coefficient (Wildman–Crippen LogP) is 2.59. The lowest BCUT2D eigenvalue weighted by atomic mass is 9.93. The summed E-state index contributed by atoms with van der Waals surface area (Å²) in [7, 11) is 0. The molecule has 0 spiro atoms. The summed E-state index contributed by atoms with van der Waals surface area (Å²) in [6.07, 6.45) is 2.91. The van der Waals surface area contributed by atoms with E-state index in [0.29, 0.717) is 25.7 Å². The molecule has 126 valence electrons. The van der Waals surface area contributed by atoms with Gasteiger partial charge in [-0.3, -0.25) is 4.79 Å². The molecular weight excluding hydrogens is 286 g/mol. The van der Waals surface area contributed by atoms with Crippen molar-refractivity contribution in [2.45, 2.75) is 77.5 Å². The van der Waals surface area contributed by atoms with Crippen LogP contribution in [0.25, 0.3) is 0 Å². The van der Waals surface area contributed by atoms with Crippen molar-refractivity contribution in [3.63, 3.8) is 0 Å². The second kappa shape index (κ2) is 8.15. The van der Waals surface area contributed by atoms with E-state index < -0.39 is 11.7 Å². The average molecular weight is 313 g/mol. The summed E-state index contributed by atoms with van der Waals surface area (Å²) in [5, 5.41) is 2.82. The van der Waals surface area contributed by atoms with Gasteiger partial charge in [0.25, 0.3) is 0 Å². The summed E-state index contributed by atoms with van der Waals surface area (Å²) in [5.41, 5.74) is -0.579. The molecule has 0 bridgehead atoms. The molecule has 0 aromatic heterocycles. The summed E-state index contributed by atoms with van der Waals surface area (Å²) >= 11 is 0. The molecule has 1 fully saturated rings. The first-order valence-corrected chi connectivity index (χ1v) is 7.84. The van der Waals surface area contributed by atoms with Crippen LogP contribution in [0.2, 0.25) is 0 Å². The molecule has 1 saturated heterocycles. The smallest absolute Gasteiger partial charge is 0.408 e. The van der Waals surface area contributed by atoms with Crippen LogP contribution < -0.4 is 5.32 Å². The fourth-order valence-electron chi connectivity index (χ4n) is 2.50. The minimum atomic E-state index is -0.579. The SMILES string of the molecule is CC(CCC=O)CC(NC(=O)OC(C)(C)C)[C@H]1CCC(=O)O1. The predicted molar refractivity (Wildman–Crippen MR) is 81.4 cm³/mol. The van der Waals surface area contributed by atoms with Gasteiger partial charge in [-0.05, 0) is 46.0 Å². The molecule has 0 aromatic rings. The third-order valence-corrected chi connectivity index (χ3v) is 3.50. The largest absolute Gasteiger partial charge is 0.460 e. The lowest BCUT2D eigenvalue weighted by Crippen LogP contribution is -2.46. The Labute approximate surface area is 131 Å². The Bertz CT molecular complexity index is 402. The summed E-state index contributed by atoms with van der Waals surface area (Å²) in [6.45, 7) is 7.40. The van der Waals surface area contributed by atoms with Crippen LogP contribution in [0, 0.1) is 5.92 Å². The van der Waals surface area contributed by atoms with Crippen LogP contribution in [0.1, 0.15) is 59.8 Å². The molecule has 0 aromatic carbocycles. The summed E-state index contributed by atoms with van der Waals surface area (Å²) in [5.74, 6) is 0.00553. The van der Waals surface area contributed by atoms with Crippen LogP contribution in [0.15, 0.2) is 0 Å². The van der Waals surface area contributed by atoms with Gasteiger partial charge in [-0.1, -0.05) is 6.92 Å². The monoisotopic (exact) mass is 313 g/mol. The summed E-state index contributed by atoms with van der Waals surface area (Å²) < 4.78 is 10.6. The van der Waals surface area contributed by atoms with Gasteiger partial charge in [-0.15, -0.1) is 0 Å². The van der Waals surface area contributed by atoms with Crippen LogP contribution in [0.5, 0.6) is 0 Å². The van der Waals surface area contributed by atoms with Crippen LogP contribution in [-0.4, -0.2) is 36.1 Å². The van der Waals surface area contributed by atoms with Crippen molar-refractivity contribution in [1.29, 1.82) is 0 Å². The third kappa shape index (κ3) is 6.91. The fraction of sp³-hybridized carbons (Fsp3) is 0.812. The second-order valence-electron chi connectivity index (χ2n) is 6.90. The molecule has 1 N–H and O–H groups in total. The highest BCUT2D eigenvalue weighted by atomic mass is 16.6.